The first kappa shape index (κ1) is 22.6. The summed E-state index contributed by atoms with van der Waals surface area (Å²) in [5.74, 6) is -0.0124. The summed E-state index contributed by atoms with van der Waals surface area (Å²) in [6.45, 7) is 8.34. The van der Waals surface area contributed by atoms with Gasteiger partial charge in [-0.25, -0.2) is 3.63 Å². The topological polar surface area (TPSA) is 43.4 Å². The second-order valence-electron chi connectivity index (χ2n) is 8.29. The van der Waals surface area contributed by atoms with Gasteiger partial charge in [-0.1, -0.05) is 76.2 Å². The Morgan fingerprint density at radius 2 is 1.13 bits per heavy atom. The molecule has 0 heterocycles. The number of benzene rings is 3. The summed E-state index contributed by atoms with van der Waals surface area (Å²) >= 11 is 0. The lowest BCUT2D eigenvalue weighted by Crippen LogP contribution is -2.17. The molecule has 3 aromatic carbocycles. The van der Waals surface area contributed by atoms with Crippen molar-refractivity contribution in [3.05, 3.63) is 90.5 Å². The normalized spacial score (nSPS) is 13.2. The highest BCUT2D eigenvalue weighted by atomic mass is 32.3. The molecule has 0 unspecified atom stereocenters. The van der Waals surface area contributed by atoms with Crippen LogP contribution in [0.4, 0.5) is 0 Å². The average molecular weight is 443 g/mol. The maximum Gasteiger partial charge on any atom is 0.277 e. The van der Waals surface area contributed by atoms with Crippen LogP contribution in [0.1, 0.15) is 39.7 Å². The van der Waals surface area contributed by atoms with Crippen molar-refractivity contribution >= 4 is 20.4 Å². The Morgan fingerprint density at radius 1 is 0.700 bits per heavy atom. The molecular weight excluding hydrogens is 412 g/mol. The number of hydrogen-bond donors (Lipinski definition) is 0. The highest BCUT2D eigenvalue weighted by Gasteiger charge is 2.37. The molecule has 0 N–H and O–H groups in total. The average Bonchev–Trinajstić information content (AvgIpc) is 2.73. The standard InChI is InChI=1S/C25H30O3S2/c1-5-20-29(26,27)28-30(22-12-8-6-9-13-22,23-14-10-7-11-15-23)24-18-16-21(17-19-24)25(2,3)4/h6-19H,5,20H2,1-4H3. The van der Waals surface area contributed by atoms with Crippen molar-refractivity contribution in [2.45, 2.75) is 54.2 Å². The van der Waals surface area contributed by atoms with Crippen LogP contribution in [0.2, 0.25) is 0 Å². The van der Waals surface area contributed by atoms with E-state index < -0.39 is 20.4 Å². The largest absolute Gasteiger partial charge is 0.277 e. The van der Waals surface area contributed by atoms with Gasteiger partial charge in [-0.2, -0.15) is 8.42 Å². The molecule has 0 fully saturated rings. The quantitative estimate of drug-likeness (QED) is 0.398. The van der Waals surface area contributed by atoms with Crippen LogP contribution in [-0.4, -0.2) is 14.2 Å². The van der Waals surface area contributed by atoms with E-state index in [0.717, 1.165) is 14.7 Å². The Bertz CT molecular complexity index is 1010. The molecule has 30 heavy (non-hydrogen) atoms. The molecule has 3 aromatic rings. The van der Waals surface area contributed by atoms with E-state index in [9.17, 15) is 8.42 Å². The smallest absolute Gasteiger partial charge is 0.207 e. The van der Waals surface area contributed by atoms with E-state index in [2.05, 4.69) is 32.9 Å². The van der Waals surface area contributed by atoms with E-state index in [1.807, 2.05) is 79.7 Å². The van der Waals surface area contributed by atoms with Gasteiger partial charge in [0.1, 0.15) is 0 Å². The molecule has 3 rings (SSSR count). The lowest BCUT2D eigenvalue weighted by molar-refractivity contribution is 0.507. The molecule has 0 saturated carbocycles. The molecule has 0 radical (unpaired) electrons. The summed E-state index contributed by atoms with van der Waals surface area (Å²) in [6, 6.07) is 27.6. The van der Waals surface area contributed by atoms with Gasteiger partial charge in [0.2, 0.25) is 0 Å². The van der Waals surface area contributed by atoms with Crippen LogP contribution in [0.3, 0.4) is 0 Å². The zero-order chi connectivity index (χ0) is 21.8. The van der Waals surface area contributed by atoms with Gasteiger partial charge >= 0.3 is 0 Å². The highest BCUT2D eigenvalue weighted by molar-refractivity contribution is 8.33. The molecule has 160 valence electrons. The molecule has 0 spiro atoms. The van der Waals surface area contributed by atoms with Crippen LogP contribution in [0.25, 0.3) is 0 Å². The van der Waals surface area contributed by atoms with Crippen LogP contribution in [0.5, 0.6) is 0 Å². The van der Waals surface area contributed by atoms with Gasteiger partial charge in [0, 0.05) is 14.7 Å². The summed E-state index contributed by atoms with van der Waals surface area (Å²) < 4.78 is 32.2. The SMILES string of the molecule is CCCS(=O)(=O)OS(c1ccccc1)(c1ccccc1)c1ccc(C(C)(C)C)cc1. The maximum atomic E-state index is 13.0. The second-order valence-corrected chi connectivity index (χ2v) is 12.9. The monoisotopic (exact) mass is 442 g/mol. The van der Waals surface area contributed by atoms with E-state index >= 15 is 0 Å². The fourth-order valence-electron chi connectivity index (χ4n) is 3.34. The molecule has 0 saturated heterocycles. The van der Waals surface area contributed by atoms with Crippen LogP contribution in [0, 0.1) is 0 Å². The molecule has 0 bridgehead atoms. The lowest BCUT2D eigenvalue weighted by Gasteiger charge is -2.39. The summed E-state index contributed by atoms with van der Waals surface area (Å²) in [5.41, 5.74) is 1.20. The summed E-state index contributed by atoms with van der Waals surface area (Å²) in [7, 11) is -6.20. The molecule has 0 atom stereocenters. The van der Waals surface area contributed by atoms with Crippen molar-refractivity contribution in [1.82, 2.24) is 0 Å². The Morgan fingerprint density at radius 3 is 1.53 bits per heavy atom. The zero-order valence-electron chi connectivity index (χ0n) is 18.0. The van der Waals surface area contributed by atoms with Gasteiger partial charge in [-0.3, -0.25) is 0 Å². The first-order valence-corrected chi connectivity index (χ1v) is 13.3. The maximum absolute atomic E-state index is 13.0. The molecule has 5 heteroatoms. The van der Waals surface area contributed by atoms with Crippen LogP contribution < -0.4 is 0 Å². The third-order valence-corrected chi connectivity index (χ3v) is 10.2. The van der Waals surface area contributed by atoms with E-state index in [1.165, 1.54) is 5.56 Å². The van der Waals surface area contributed by atoms with Crippen LogP contribution >= 0.6 is 10.3 Å². The first-order chi connectivity index (χ1) is 14.2. The predicted molar refractivity (Wildman–Crippen MR) is 126 cm³/mol. The molecule has 0 amide bonds. The van der Waals surface area contributed by atoms with E-state index in [-0.39, 0.29) is 11.2 Å². The Balaban J connectivity index is 2.31. The fraction of sp³-hybridized carbons (Fsp3) is 0.280. The van der Waals surface area contributed by atoms with Crippen molar-refractivity contribution < 1.29 is 12.0 Å². The molecule has 3 nitrogen and oxygen atoms in total. The number of hydrogen-bond acceptors (Lipinski definition) is 3. The number of rotatable bonds is 7. The zero-order valence-corrected chi connectivity index (χ0v) is 19.7. The van der Waals surface area contributed by atoms with Crippen molar-refractivity contribution in [3.8, 4) is 0 Å². The van der Waals surface area contributed by atoms with E-state index in [4.69, 9.17) is 3.63 Å². The van der Waals surface area contributed by atoms with Crippen LogP contribution in [-0.2, 0) is 19.2 Å². The molecule has 0 aliphatic rings. The fourth-order valence-corrected chi connectivity index (χ4v) is 8.71. The molecule has 0 aromatic heterocycles. The molecule has 0 aliphatic heterocycles. The molecular formula is C25H30O3S2. The Kier molecular flexibility index (Phi) is 6.75. The predicted octanol–water partition coefficient (Wildman–Crippen LogP) is 6.94. The Labute approximate surface area is 182 Å². The Hall–Kier alpha value is -2.08. The summed E-state index contributed by atoms with van der Waals surface area (Å²) in [6.07, 6.45) is 0.504. The third-order valence-electron chi connectivity index (χ3n) is 4.86. The van der Waals surface area contributed by atoms with Crippen molar-refractivity contribution in [2.75, 3.05) is 5.75 Å². The van der Waals surface area contributed by atoms with Crippen molar-refractivity contribution in [3.63, 3.8) is 0 Å². The minimum absolute atomic E-state index is 0.00512. The van der Waals surface area contributed by atoms with Crippen molar-refractivity contribution in [2.24, 2.45) is 0 Å². The molecule has 0 aliphatic carbocycles. The van der Waals surface area contributed by atoms with Gasteiger partial charge in [-0.15, -0.1) is 0 Å². The van der Waals surface area contributed by atoms with Crippen molar-refractivity contribution in [1.29, 1.82) is 0 Å². The van der Waals surface area contributed by atoms with Gasteiger partial charge in [-0.05, 0) is 64.1 Å². The first-order valence-electron chi connectivity index (χ1n) is 10.2. The lowest BCUT2D eigenvalue weighted by atomic mass is 9.87. The summed E-state index contributed by atoms with van der Waals surface area (Å²) in [4.78, 5) is 2.59. The van der Waals surface area contributed by atoms with Gasteiger partial charge < -0.3 is 0 Å². The second kappa shape index (κ2) is 8.96. The minimum Gasteiger partial charge on any atom is -0.207 e. The third kappa shape index (κ3) is 4.80. The van der Waals surface area contributed by atoms with E-state index in [0.29, 0.717) is 6.42 Å². The van der Waals surface area contributed by atoms with Gasteiger partial charge in [0.15, 0.2) is 0 Å². The minimum atomic E-state index is -3.74. The van der Waals surface area contributed by atoms with Crippen LogP contribution in [0.15, 0.2) is 99.6 Å². The highest BCUT2D eigenvalue weighted by Crippen LogP contribution is 2.69. The van der Waals surface area contributed by atoms with E-state index in [1.54, 1.807) is 0 Å². The van der Waals surface area contributed by atoms with Gasteiger partial charge in [0.05, 0.1) is 5.75 Å². The summed E-state index contributed by atoms with van der Waals surface area (Å²) in [5, 5.41) is 0. The van der Waals surface area contributed by atoms with Gasteiger partial charge in [0.25, 0.3) is 10.1 Å².